The molecular weight excluding hydrogens is 294 g/mol. The Morgan fingerprint density at radius 3 is 2.63 bits per heavy atom. The Morgan fingerprint density at radius 2 is 2.11 bits per heavy atom. The molecule has 3 N–H and O–H groups in total. The van der Waals surface area contributed by atoms with Gasteiger partial charge in [0.25, 0.3) is 0 Å². The summed E-state index contributed by atoms with van der Waals surface area (Å²) in [7, 11) is -3.70. The van der Waals surface area contributed by atoms with Crippen LogP contribution in [0.5, 0.6) is 5.75 Å². The molecule has 1 aromatic carbocycles. The fourth-order valence-electron chi connectivity index (χ4n) is 1.38. The highest BCUT2D eigenvalue weighted by atomic mass is 35.5. The number of hydrogen-bond acceptors (Lipinski definition) is 4. The summed E-state index contributed by atoms with van der Waals surface area (Å²) >= 11 is 5.54. The number of hydrogen-bond donors (Lipinski definition) is 3. The summed E-state index contributed by atoms with van der Waals surface area (Å²) in [6.45, 7) is 1.67. The van der Waals surface area contributed by atoms with Crippen molar-refractivity contribution >= 4 is 33.3 Å². The van der Waals surface area contributed by atoms with E-state index in [0.717, 1.165) is 12.1 Å². The summed E-state index contributed by atoms with van der Waals surface area (Å²) in [6.07, 6.45) is 0. The topological polar surface area (TPSA) is 104 Å². The average Bonchev–Trinajstić information content (AvgIpc) is 2.30. The van der Waals surface area contributed by atoms with Crippen molar-refractivity contribution in [2.75, 3.05) is 16.4 Å². The summed E-state index contributed by atoms with van der Waals surface area (Å²) in [5, 5.41) is 18.3. The number of benzene rings is 1. The molecule has 1 atom stereocenters. The van der Waals surface area contributed by atoms with E-state index in [1.54, 1.807) is 6.92 Å². The Bertz CT molecular complexity index is 572. The van der Waals surface area contributed by atoms with Crippen LogP contribution in [0.1, 0.15) is 17.3 Å². The number of carboxylic acid groups (broad SMARTS) is 1. The van der Waals surface area contributed by atoms with Crippen LogP contribution in [-0.4, -0.2) is 36.2 Å². The standard InChI is InChI=1S/C11H14ClNO5S/c1-7(5-12)6-19(17,18)13-9-4-8(11(15)16)2-3-10(9)14/h2-4,7,13-14H,5-6H2,1H3,(H,15,16). The number of carbonyl (C=O) groups is 1. The van der Waals surface area contributed by atoms with Gasteiger partial charge in [-0.05, 0) is 24.1 Å². The average molecular weight is 308 g/mol. The van der Waals surface area contributed by atoms with E-state index in [1.165, 1.54) is 6.07 Å². The quantitative estimate of drug-likeness (QED) is 0.548. The van der Waals surface area contributed by atoms with Gasteiger partial charge >= 0.3 is 5.97 Å². The SMILES string of the molecule is CC(CCl)CS(=O)(=O)Nc1cc(C(=O)O)ccc1O. The lowest BCUT2D eigenvalue weighted by atomic mass is 10.2. The van der Waals surface area contributed by atoms with Gasteiger partial charge in [0.2, 0.25) is 10.0 Å². The number of nitrogens with one attached hydrogen (secondary N) is 1. The van der Waals surface area contributed by atoms with E-state index in [4.69, 9.17) is 16.7 Å². The molecule has 0 aliphatic carbocycles. The van der Waals surface area contributed by atoms with Gasteiger partial charge < -0.3 is 10.2 Å². The molecule has 0 spiro atoms. The Morgan fingerprint density at radius 1 is 1.47 bits per heavy atom. The lowest BCUT2D eigenvalue weighted by Crippen LogP contribution is -2.22. The second kappa shape index (κ2) is 6.12. The van der Waals surface area contributed by atoms with Crippen LogP contribution in [0.15, 0.2) is 18.2 Å². The minimum Gasteiger partial charge on any atom is -0.506 e. The molecule has 1 aromatic rings. The molecule has 8 heteroatoms. The number of sulfonamides is 1. The number of aromatic carboxylic acids is 1. The Balaban J connectivity index is 2.98. The molecule has 1 unspecified atom stereocenters. The van der Waals surface area contributed by atoms with Gasteiger partial charge in [-0.3, -0.25) is 4.72 Å². The van der Waals surface area contributed by atoms with Crippen LogP contribution < -0.4 is 4.72 Å². The van der Waals surface area contributed by atoms with E-state index in [0.29, 0.717) is 0 Å². The van der Waals surface area contributed by atoms with E-state index in [1.807, 2.05) is 0 Å². The largest absolute Gasteiger partial charge is 0.506 e. The van der Waals surface area contributed by atoms with Gasteiger partial charge in [-0.1, -0.05) is 6.92 Å². The fraction of sp³-hybridized carbons (Fsp3) is 0.364. The number of phenolic OH excluding ortho intramolecular Hbond substituents is 1. The van der Waals surface area contributed by atoms with Crippen LogP contribution in [0.4, 0.5) is 5.69 Å². The van der Waals surface area contributed by atoms with E-state index in [9.17, 15) is 18.3 Å². The molecule has 0 saturated heterocycles. The van der Waals surface area contributed by atoms with Crippen molar-refractivity contribution in [1.29, 1.82) is 0 Å². The Kier molecular flexibility index (Phi) is 5.02. The number of rotatable bonds is 6. The predicted octanol–water partition coefficient (Wildman–Crippen LogP) is 1.71. The first kappa shape index (κ1) is 15.6. The van der Waals surface area contributed by atoms with Crippen molar-refractivity contribution in [1.82, 2.24) is 0 Å². The van der Waals surface area contributed by atoms with Crippen LogP contribution in [-0.2, 0) is 10.0 Å². The molecule has 0 heterocycles. The molecule has 106 valence electrons. The highest BCUT2D eigenvalue weighted by Crippen LogP contribution is 2.25. The number of anilines is 1. The van der Waals surface area contributed by atoms with Crippen LogP contribution in [0.25, 0.3) is 0 Å². The maximum Gasteiger partial charge on any atom is 0.335 e. The molecule has 0 aliphatic rings. The first-order valence-electron chi connectivity index (χ1n) is 5.38. The molecule has 6 nitrogen and oxygen atoms in total. The molecule has 1 rings (SSSR count). The van der Waals surface area contributed by atoms with Crippen molar-refractivity contribution in [3.8, 4) is 5.75 Å². The van der Waals surface area contributed by atoms with Crippen molar-refractivity contribution < 1.29 is 23.4 Å². The van der Waals surface area contributed by atoms with Crippen LogP contribution in [0, 0.1) is 5.92 Å². The second-order valence-electron chi connectivity index (χ2n) is 4.18. The molecule has 0 saturated carbocycles. The minimum atomic E-state index is -3.70. The van der Waals surface area contributed by atoms with Crippen molar-refractivity contribution in [2.45, 2.75) is 6.92 Å². The highest BCUT2D eigenvalue weighted by Gasteiger charge is 2.18. The normalized spacial score (nSPS) is 12.9. The third-order valence-electron chi connectivity index (χ3n) is 2.28. The number of carboxylic acids is 1. The van der Waals surface area contributed by atoms with Gasteiger partial charge in [0.1, 0.15) is 5.75 Å². The smallest absolute Gasteiger partial charge is 0.335 e. The zero-order chi connectivity index (χ0) is 14.6. The summed E-state index contributed by atoms with van der Waals surface area (Å²) in [6, 6.07) is 3.35. The lowest BCUT2D eigenvalue weighted by molar-refractivity contribution is 0.0697. The van der Waals surface area contributed by atoms with Crippen LogP contribution >= 0.6 is 11.6 Å². The van der Waals surface area contributed by atoms with Gasteiger partial charge in [-0.15, -0.1) is 11.6 Å². The van der Waals surface area contributed by atoms with E-state index in [-0.39, 0.29) is 34.6 Å². The third-order valence-corrected chi connectivity index (χ3v) is 4.34. The molecule has 0 radical (unpaired) electrons. The maximum atomic E-state index is 11.8. The number of halogens is 1. The van der Waals surface area contributed by atoms with Gasteiger partial charge in [0.15, 0.2) is 0 Å². The first-order chi connectivity index (χ1) is 8.75. The first-order valence-corrected chi connectivity index (χ1v) is 7.56. The number of alkyl halides is 1. The third kappa shape index (κ3) is 4.60. The highest BCUT2D eigenvalue weighted by molar-refractivity contribution is 7.92. The second-order valence-corrected chi connectivity index (χ2v) is 6.26. The summed E-state index contributed by atoms with van der Waals surface area (Å²) in [5.41, 5.74) is -0.289. The number of aromatic hydroxyl groups is 1. The van der Waals surface area contributed by atoms with Gasteiger partial charge in [0, 0.05) is 5.88 Å². The van der Waals surface area contributed by atoms with Crippen molar-refractivity contribution in [2.24, 2.45) is 5.92 Å². The van der Waals surface area contributed by atoms with Gasteiger partial charge in [0.05, 0.1) is 17.0 Å². The maximum absolute atomic E-state index is 11.8. The van der Waals surface area contributed by atoms with Crippen LogP contribution in [0.2, 0.25) is 0 Å². The van der Waals surface area contributed by atoms with Gasteiger partial charge in [-0.2, -0.15) is 0 Å². The molecule has 0 aromatic heterocycles. The molecular formula is C11H14ClNO5S. The van der Waals surface area contributed by atoms with E-state index in [2.05, 4.69) is 4.72 Å². The van der Waals surface area contributed by atoms with Crippen molar-refractivity contribution in [3.05, 3.63) is 23.8 Å². The lowest BCUT2D eigenvalue weighted by Gasteiger charge is -2.12. The molecule has 19 heavy (non-hydrogen) atoms. The van der Waals surface area contributed by atoms with E-state index < -0.39 is 16.0 Å². The zero-order valence-corrected chi connectivity index (χ0v) is 11.7. The fourth-order valence-corrected chi connectivity index (χ4v) is 3.07. The molecule has 0 aliphatic heterocycles. The van der Waals surface area contributed by atoms with Crippen LogP contribution in [0.3, 0.4) is 0 Å². The zero-order valence-electron chi connectivity index (χ0n) is 10.1. The van der Waals surface area contributed by atoms with Crippen molar-refractivity contribution in [3.63, 3.8) is 0 Å². The number of phenols is 1. The minimum absolute atomic E-state index is 0.124. The summed E-state index contributed by atoms with van der Waals surface area (Å²) in [4.78, 5) is 10.8. The van der Waals surface area contributed by atoms with E-state index >= 15 is 0 Å². The van der Waals surface area contributed by atoms with Gasteiger partial charge in [-0.25, -0.2) is 13.2 Å². The molecule has 0 amide bonds. The predicted molar refractivity (Wildman–Crippen MR) is 72.4 cm³/mol. The Hall–Kier alpha value is -1.47. The summed E-state index contributed by atoms with van der Waals surface area (Å²) < 4.78 is 25.7. The Labute approximate surface area is 116 Å². The molecule has 0 fully saturated rings. The monoisotopic (exact) mass is 307 g/mol. The molecule has 0 bridgehead atoms. The summed E-state index contributed by atoms with van der Waals surface area (Å²) in [5.74, 6) is -1.85.